The summed E-state index contributed by atoms with van der Waals surface area (Å²) in [6, 6.07) is 65.2. The number of rotatable bonds is 4. The Hall–Kier alpha value is -7.30. The lowest BCUT2D eigenvalue weighted by Crippen LogP contribution is -2.04. The van der Waals surface area contributed by atoms with Crippen LogP contribution in [0.25, 0.3) is 110 Å². The lowest BCUT2D eigenvalue weighted by Gasteiger charge is -2.15. The molecule has 0 bridgehead atoms. The van der Waals surface area contributed by atoms with Crippen LogP contribution < -0.4 is 0 Å². The van der Waals surface area contributed by atoms with Gasteiger partial charge in [0.1, 0.15) is 5.69 Å². The maximum absolute atomic E-state index is 5.63. The zero-order valence-electron chi connectivity index (χ0n) is 29.1. The van der Waals surface area contributed by atoms with Crippen molar-refractivity contribution >= 4 is 70.8 Å². The normalized spacial score (nSPS) is 12.1. The Kier molecular flexibility index (Phi) is 6.02. The topological polar surface area (TPSA) is 35.1 Å². The van der Waals surface area contributed by atoms with Gasteiger partial charge in [-0.1, -0.05) is 158 Å². The smallest absolute Gasteiger partial charge is 0.165 e. The fourth-order valence-corrected chi connectivity index (χ4v) is 9.00. The van der Waals surface area contributed by atoms with Crippen LogP contribution in [-0.2, 0) is 0 Å². The van der Waals surface area contributed by atoms with E-state index < -0.39 is 0 Å². The van der Waals surface area contributed by atoms with Crippen LogP contribution in [-0.4, -0.2) is 18.9 Å². The van der Waals surface area contributed by atoms with Gasteiger partial charge in [-0.15, -0.1) is 0 Å². The van der Waals surface area contributed by atoms with E-state index in [4.69, 9.17) is 9.97 Å². The molecule has 4 aromatic heterocycles. The van der Waals surface area contributed by atoms with Crippen molar-refractivity contribution < 1.29 is 0 Å². The van der Waals surface area contributed by atoms with E-state index in [0.717, 1.165) is 49.9 Å². The molecule has 0 spiro atoms. The molecule has 4 heteroatoms. The highest BCUT2D eigenvalue weighted by atomic mass is 15.1. The summed E-state index contributed by atoms with van der Waals surface area (Å²) < 4.78 is 4.91. The van der Waals surface area contributed by atoms with Crippen molar-refractivity contribution in [3.8, 4) is 39.5 Å². The first kappa shape index (κ1) is 29.3. The van der Waals surface area contributed by atoms with E-state index in [-0.39, 0.29) is 0 Å². The molecular weight excluding hydrogens is 657 g/mol. The minimum atomic E-state index is 0.820. The summed E-state index contributed by atoms with van der Waals surface area (Å²) in [5, 5.41) is 8.31. The van der Waals surface area contributed by atoms with Gasteiger partial charge < -0.3 is 4.40 Å². The van der Waals surface area contributed by atoms with Gasteiger partial charge in [-0.3, -0.25) is 4.57 Å². The van der Waals surface area contributed by atoms with Gasteiger partial charge in [0.05, 0.1) is 38.8 Å². The zero-order chi connectivity index (χ0) is 35.3. The number of nitrogens with zero attached hydrogens (tertiary/aromatic N) is 4. The second-order valence-electron chi connectivity index (χ2n) is 14.1. The van der Waals surface area contributed by atoms with E-state index in [2.05, 4.69) is 191 Å². The van der Waals surface area contributed by atoms with E-state index in [1.807, 2.05) is 0 Å². The van der Waals surface area contributed by atoms with Crippen molar-refractivity contribution in [2.24, 2.45) is 0 Å². The molecule has 12 rings (SSSR count). The SMILES string of the molecule is c1ccc(-c2nc3ccc4ccccc4c3nc2-n2c3cccc4c5ccccc5n5c(-c6ccccc6)c(-c6ccccc6)c6ccc2c(c43)c65)cc1. The highest BCUT2D eigenvalue weighted by Crippen LogP contribution is 2.49. The minimum absolute atomic E-state index is 0.820. The monoisotopic (exact) mass is 686 g/mol. The minimum Gasteiger partial charge on any atom is -0.307 e. The molecule has 8 aromatic carbocycles. The fraction of sp³-hybridized carbons (Fsp3) is 0. The van der Waals surface area contributed by atoms with Crippen molar-refractivity contribution in [3.05, 3.63) is 182 Å². The van der Waals surface area contributed by atoms with E-state index in [1.54, 1.807) is 0 Å². The molecule has 0 aliphatic carbocycles. The van der Waals surface area contributed by atoms with Crippen LogP contribution in [0.15, 0.2) is 182 Å². The Balaban J connectivity index is 1.34. The van der Waals surface area contributed by atoms with Crippen molar-refractivity contribution in [1.82, 2.24) is 18.9 Å². The van der Waals surface area contributed by atoms with E-state index in [9.17, 15) is 0 Å². The molecule has 4 nitrogen and oxygen atoms in total. The summed E-state index contributed by atoms with van der Waals surface area (Å²) in [7, 11) is 0. The highest BCUT2D eigenvalue weighted by molar-refractivity contribution is 6.32. The van der Waals surface area contributed by atoms with Gasteiger partial charge in [0.15, 0.2) is 5.82 Å². The zero-order valence-corrected chi connectivity index (χ0v) is 29.1. The summed E-state index contributed by atoms with van der Waals surface area (Å²) in [6.45, 7) is 0. The quantitative estimate of drug-likeness (QED) is 0.173. The summed E-state index contributed by atoms with van der Waals surface area (Å²) in [4.78, 5) is 11.1. The number of hydrogen-bond donors (Lipinski definition) is 0. The van der Waals surface area contributed by atoms with Crippen LogP contribution in [0.1, 0.15) is 0 Å². The molecule has 0 unspecified atom stereocenters. The van der Waals surface area contributed by atoms with Crippen molar-refractivity contribution in [2.45, 2.75) is 0 Å². The van der Waals surface area contributed by atoms with E-state index >= 15 is 0 Å². The molecule has 0 aliphatic heterocycles. The van der Waals surface area contributed by atoms with Gasteiger partial charge in [0.2, 0.25) is 0 Å². The molecule has 0 atom stereocenters. The van der Waals surface area contributed by atoms with Gasteiger partial charge in [-0.25, -0.2) is 9.97 Å². The lowest BCUT2D eigenvalue weighted by molar-refractivity contribution is 1.08. The number of fused-ring (bicyclic) bond motifs is 6. The molecule has 0 radical (unpaired) electrons. The number of hydrogen-bond acceptors (Lipinski definition) is 2. The van der Waals surface area contributed by atoms with Crippen molar-refractivity contribution in [1.29, 1.82) is 0 Å². The molecule has 12 aromatic rings. The maximum Gasteiger partial charge on any atom is 0.165 e. The Morgan fingerprint density at radius 2 is 1.02 bits per heavy atom. The second kappa shape index (κ2) is 11.1. The molecule has 0 saturated carbocycles. The Morgan fingerprint density at radius 3 is 1.81 bits per heavy atom. The molecule has 54 heavy (non-hydrogen) atoms. The predicted molar refractivity (Wildman–Crippen MR) is 225 cm³/mol. The molecule has 250 valence electrons. The summed E-state index contributed by atoms with van der Waals surface area (Å²) in [5.74, 6) is 0.820. The van der Waals surface area contributed by atoms with Crippen LogP contribution in [0.2, 0.25) is 0 Å². The number of para-hydroxylation sites is 1. The van der Waals surface area contributed by atoms with Crippen molar-refractivity contribution in [2.75, 3.05) is 0 Å². The average Bonchev–Trinajstić information content (AvgIpc) is 3.73. The fourth-order valence-electron chi connectivity index (χ4n) is 9.00. The molecule has 0 amide bonds. The maximum atomic E-state index is 5.63. The molecule has 0 aliphatic rings. The van der Waals surface area contributed by atoms with Gasteiger partial charge in [0.25, 0.3) is 0 Å². The van der Waals surface area contributed by atoms with Crippen LogP contribution in [0.4, 0.5) is 0 Å². The third-order valence-electron chi connectivity index (χ3n) is 11.2. The van der Waals surface area contributed by atoms with Crippen molar-refractivity contribution in [3.63, 3.8) is 0 Å². The summed E-state index contributed by atoms with van der Waals surface area (Å²) in [6.07, 6.45) is 0. The van der Waals surface area contributed by atoms with E-state index in [1.165, 1.54) is 60.3 Å². The molecule has 4 heterocycles. The second-order valence-corrected chi connectivity index (χ2v) is 14.1. The third-order valence-corrected chi connectivity index (χ3v) is 11.2. The predicted octanol–water partition coefficient (Wildman–Crippen LogP) is 12.9. The van der Waals surface area contributed by atoms with E-state index in [0.29, 0.717) is 0 Å². The van der Waals surface area contributed by atoms with Crippen LogP contribution in [0, 0.1) is 0 Å². The summed E-state index contributed by atoms with van der Waals surface area (Å²) in [5.41, 5.74) is 13.0. The third kappa shape index (κ3) is 3.97. The number of aromatic nitrogens is 4. The molecule has 0 fully saturated rings. The standard InChI is InChI=1S/C50H30N4/c1-4-16-32(17-5-1)43-38-28-30-42-45-44-37(36-23-12-13-25-40(36)54(49(38)45)48(43)34-20-8-3-9-21-34)24-14-26-41(44)53(42)50-46(33-18-6-2-7-19-33)51-39-29-27-31-15-10-11-22-35(31)47(39)52-50/h1-30H. The highest BCUT2D eigenvalue weighted by Gasteiger charge is 2.28. The first-order chi connectivity index (χ1) is 26.8. The van der Waals surface area contributed by atoms with Crippen LogP contribution in [0.5, 0.6) is 0 Å². The Labute approximate surface area is 310 Å². The molecule has 0 saturated heterocycles. The first-order valence-corrected chi connectivity index (χ1v) is 18.4. The average molecular weight is 687 g/mol. The first-order valence-electron chi connectivity index (χ1n) is 18.4. The molecular formula is C50H30N4. The Bertz CT molecular complexity index is 3410. The van der Waals surface area contributed by atoms with Gasteiger partial charge in [0, 0.05) is 38.1 Å². The van der Waals surface area contributed by atoms with Crippen LogP contribution >= 0.6 is 0 Å². The lowest BCUT2D eigenvalue weighted by atomic mass is 9.97. The van der Waals surface area contributed by atoms with Gasteiger partial charge in [-0.2, -0.15) is 0 Å². The molecule has 0 N–H and O–H groups in total. The van der Waals surface area contributed by atoms with Gasteiger partial charge >= 0.3 is 0 Å². The van der Waals surface area contributed by atoms with Crippen LogP contribution in [0.3, 0.4) is 0 Å². The Morgan fingerprint density at radius 1 is 0.389 bits per heavy atom. The summed E-state index contributed by atoms with van der Waals surface area (Å²) >= 11 is 0. The number of benzene rings is 8. The largest absolute Gasteiger partial charge is 0.307 e. The van der Waals surface area contributed by atoms with Gasteiger partial charge in [-0.05, 0) is 46.2 Å².